The van der Waals surface area contributed by atoms with Crippen molar-refractivity contribution >= 4 is 6.34 Å². The van der Waals surface area contributed by atoms with Crippen molar-refractivity contribution in [1.29, 1.82) is 5.41 Å². The lowest BCUT2D eigenvalue weighted by Crippen LogP contribution is -2.38. The maximum atomic E-state index is 7.51. The fourth-order valence-corrected chi connectivity index (χ4v) is 3.55. The first-order valence-electron chi connectivity index (χ1n) is 9.37. The highest BCUT2D eigenvalue weighted by atomic mass is 16.5. The predicted molar refractivity (Wildman–Crippen MR) is 104 cm³/mol. The van der Waals surface area contributed by atoms with Crippen molar-refractivity contribution < 1.29 is 4.74 Å². The first-order valence-corrected chi connectivity index (χ1v) is 9.37. The van der Waals surface area contributed by atoms with Gasteiger partial charge in [0, 0.05) is 12.6 Å². The molecule has 1 atom stereocenters. The molecule has 0 spiro atoms. The summed E-state index contributed by atoms with van der Waals surface area (Å²) in [5, 5.41) is 7.51. The van der Waals surface area contributed by atoms with Gasteiger partial charge in [0.2, 0.25) is 0 Å². The van der Waals surface area contributed by atoms with Crippen LogP contribution in [0, 0.1) is 5.41 Å². The number of rotatable bonds is 8. The highest BCUT2D eigenvalue weighted by Crippen LogP contribution is 2.20. The summed E-state index contributed by atoms with van der Waals surface area (Å²) in [5.74, 6) is 0.948. The monoisotopic (exact) mass is 336 g/mol. The molecule has 2 aromatic rings. The Balaban J connectivity index is 1.40. The summed E-state index contributed by atoms with van der Waals surface area (Å²) >= 11 is 0. The molecule has 3 heteroatoms. The number of benzene rings is 2. The Kier molecular flexibility index (Phi) is 6.49. The minimum Gasteiger partial charge on any atom is -0.494 e. The molecule has 0 amide bonds. The summed E-state index contributed by atoms with van der Waals surface area (Å²) in [7, 11) is 0. The van der Waals surface area contributed by atoms with Gasteiger partial charge in [-0.1, -0.05) is 42.5 Å². The number of piperidine rings is 1. The minimum absolute atomic E-state index is 0.531. The molecular weight excluding hydrogens is 308 g/mol. The topological polar surface area (TPSA) is 36.3 Å². The van der Waals surface area contributed by atoms with Crippen molar-refractivity contribution in [3.05, 3.63) is 65.7 Å². The van der Waals surface area contributed by atoms with Crippen LogP contribution in [0.1, 0.15) is 43.2 Å². The van der Waals surface area contributed by atoms with Crippen molar-refractivity contribution in [3.8, 4) is 5.75 Å². The molecule has 132 valence electrons. The van der Waals surface area contributed by atoms with Crippen molar-refractivity contribution in [2.24, 2.45) is 0 Å². The Bertz CT molecular complexity index is 639. The average Bonchev–Trinajstić information content (AvgIpc) is 2.67. The van der Waals surface area contributed by atoms with Crippen LogP contribution in [0.3, 0.4) is 0 Å². The first-order chi connectivity index (χ1) is 12.3. The third-order valence-corrected chi connectivity index (χ3v) is 4.96. The van der Waals surface area contributed by atoms with E-state index in [0.29, 0.717) is 6.04 Å². The van der Waals surface area contributed by atoms with Crippen LogP contribution >= 0.6 is 0 Å². The summed E-state index contributed by atoms with van der Waals surface area (Å²) in [6.07, 6.45) is 8.35. The van der Waals surface area contributed by atoms with E-state index in [4.69, 9.17) is 10.1 Å². The summed E-state index contributed by atoms with van der Waals surface area (Å²) in [5.41, 5.74) is 2.64. The van der Waals surface area contributed by atoms with Crippen LogP contribution < -0.4 is 4.74 Å². The molecule has 1 unspecified atom stereocenters. The van der Waals surface area contributed by atoms with Gasteiger partial charge in [-0.05, 0) is 61.8 Å². The zero-order valence-electron chi connectivity index (χ0n) is 14.9. The van der Waals surface area contributed by atoms with E-state index in [1.54, 1.807) is 0 Å². The van der Waals surface area contributed by atoms with E-state index < -0.39 is 0 Å². The first kappa shape index (κ1) is 17.5. The van der Waals surface area contributed by atoms with Crippen molar-refractivity contribution in [2.75, 3.05) is 13.2 Å². The van der Waals surface area contributed by atoms with Crippen LogP contribution in [0.2, 0.25) is 0 Å². The van der Waals surface area contributed by atoms with E-state index in [9.17, 15) is 0 Å². The zero-order chi connectivity index (χ0) is 17.3. The highest BCUT2D eigenvalue weighted by Gasteiger charge is 2.19. The van der Waals surface area contributed by atoms with Gasteiger partial charge in [0.15, 0.2) is 0 Å². The van der Waals surface area contributed by atoms with E-state index in [1.807, 2.05) is 0 Å². The van der Waals surface area contributed by atoms with Gasteiger partial charge in [-0.15, -0.1) is 0 Å². The zero-order valence-corrected chi connectivity index (χ0v) is 14.9. The lowest BCUT2D eigenvalue weighted by atomic mass is 9.99. The second kappa shape index (κ2) is 9.26. The van der Waals surface area contributed by atoms with E-state index in [1.165, 1.54) is 36.7 Å². The quantitative estimate of drug-likeness (QED) is 0.423. The van der Waals surface area contributed by atoms with E-state index in [0.717, 1.165) is 38.2 Å². The molecule has 0 bridgehead atoms. The number of nitrogens with zero attached hydrogens (tertiary/aromatic N) is 1. The molecule has 0 radical (unpaired) electrons. The number of likely N-dealkylation sites (tertiary alicyclic amines) is 1. The fraction of sp³-hybridized carbons (Fsp3) is 0.409. The van der Waals surface area contributed by atoms with Crippen LogP contribution in [0.4, 0.5) is 0 Å². The summed E-state index contributed by atoms with van der Waals surface area (Å²) < 4.78 is 5.90. The summed E-state index contributed by atoms with van der Waals surface area (Å²) in [4.78, 5) is 2.18. The van der Waals surface area contributed by atoms with E-state index >= 15 is 0 Å². The van der Waals surface area contributed by atoms with Gasteiger partial charge < -0.3 is 9.64 Å². The molecule has 1 aliphatic heterocycles. The molecule has 0 saturated carbocycles. The Morgan fingerprint density at radius 1 is 1.00 bits per heavy atom. The SMILES string of the molecule is N=CN1CCCCC1CCCOc1ccc(Cc2ccccc2)cc1. The summed E-state index contributed by atoms with van der Waals surface area (Å²) in [6, 6.07) is 19.5. The van der Waals surface area contributed by atoms with Crippen molar-refractivity contribution in [3.63, 3.8) is 0 Å². The Hall–Kier alpha value is -2.29. The maximum Gasteiger partial charge on any atom is 0.119 e. The molecular formula is C22H28N2O. The predicted octanol–water partition coefficient (Wildman–Crippen LogP) is 4.90. The molecule has 1 saturated heterocycles. The van der Waals surface area contributed by atoms with Gasteiger partial charge in [-0.25, -0.2) is 0 Å². The molecule has 1 N–H and O–H groups in total. The van der Waals surface area contributed by atoms with Crippen LogP contribution in [-0.2, 0) is 6.42 Å². The van der Waals surface area contributed by atoms with Crippen LogP contribution in [-0.4, -0.2) is 30.4 Å². The molecule has 0 aliphatic carbocycles. The van der Waals surface area contributed by atoms with Gasteiger partial charge in [-0.2, -0.15) is 0 Å². The third-order valence-electron chi connectivity index (χ3n) is 4.96. The molecule has 1 heterocycles. The standard InChI is InChI=1S/C22H28N2O/c23-18-24-15-5-4-9-21(24)10-6-16-25-22-13-11-20(12-14-22)17-19-7-2-1-3-8-19/h1-3,7-8,11-14,18,21,23H,4-6,9-10,15-17H2. The van der Waals surface area contributed by atoms with E-state index in [-0.39, 0.29) is 0 Å². The lowest BCUT2D eigenvalue weighted by molar-refractivity contribution is 0.215. The number of ether oxygens (including phenoxy) is 1. The Morgan fingerprint density at radius 2 is 1.76 bits per heavy atom. The molecule has 0 aromatic heterocycles. The lowest BCUT2D eigenvalue weighted by Gasteiger charge is -2.33. The van der Waals surface area contributed by atoms with Gasteiger partial charge in [-0.3, -0.25) is 5.41 Å². The van der Waals surface area contributed by atoms with E-state index in [2.05, 4.69) is 59.5 Å². The van der Waals surface area contributed by atoms with Gasteiger partial charge in [0.1, 0.15) is 5.75 Å². The van der Waals surface area contributed by atoms with Crippen LogP contribution in [0.15, 0.2) is 54.6 Å². The van der Waals surface area contributed by atoms with Crippen LogP contribution in [0.5, 0.6) is 5.75 Å². The van der Waals surface area contributed by atoms with Gasteiger partial charge in [0.05, 0.1) is 12.9 Å². The molecule has 3 nitrogen and oxygen atoms in total. The second-order valence-corrected chi connectivity index (χ2v) is 6.81. The normalized spacial score (nSPS) is 17.3. The van der Waals surface area contributed by atoms with Crippen molar-refractivity contribution in [2.45, 2.75) is 44.6 Å². The second-order valence-electron chi connectivity index (χ2n) is 6.81. The number of nitrogens with one attached hydrogen (secondary N) is 1. The highest BCUT2D eigenvalue weighted by molar-refractivity contribution is 5.51. The molecule has 1 fully saturated rings. The number of hydrogen-bond acceptors (Lipinski definition) is 2. The summed E-state index contributed by atoms with van der Waals surface area (Å²) in [6.45, 7) is 1.79. The number of hydrogen-bond donors (Lipinski definition) is 1. The Morgan fingerprint density at radius 3 is 2.52 bits per heavy atom. The maximum absolute atomic E-state index is 7.51. The van der Waals surface area contributed by atoms with Gasteiger partial charge >= 0.3 is 0 Å². The molecule has 3 rings (SSSR count). The Labute approximate surface area is 151 Å². The molecule has 1 aliphatic rings. The molecule has 25 heavy (non-hydrogen) atoms. The third kappa shape index (κ3) is 5.35. The minimum atomic E-state index is 0.531. The van der Waals surface area contributed by atoms with Crippen LogP contribution in [0.25, 0.3) is 0 Å². The fourth-order valence-electron chi connectivity index (χ4n) is 3.55. The van der Waals surface area contributed by atoms with Crippen molar-refractivity contribution in [1.82, 2.24) is 4.90 Å². The largest absolute Gasteiger partial charge is 0.494 e. The van der Waals surface area contributed by atoms with Gasteiger partial charge in [0.25, 0.3) is 0 Å². The molecule has 2 aromatic carbocycles. The average molecular weight is 336 g/mol. The smallest absolute Gasteiger partial charge is 0.119 e.